The van der Waals surface area contributed by atoms with Gasteiger partial charge in [-0.25, -0.2) is 4.39 Å². The van der Waals surface area contributed by atoms with Crippen LogP contribution in [0.15, 0.2) is 12.1 Å². The Morgan fingerprint density at radius 3 is 2.17 bits per heavy atom. The van der Waals surface area contributed by atoms with Gasteiger partial charge in [0.05, 0.1) is 21.3 Å². The van der Waals surface area contributed by atoms with Gasteiger partial charge in [0.15, 0.2) is 0 Å². The summed E-state index contributed by atoms with van der Waals surface area (Å²) in [6, 6.07) is 3.41. The van der Waals surface area contributed by atoms with E-state index in [9.17, 15) is 4.39 Å². The molecule has 5 heteroatoms. The van der Waals surface area contributed by atoms with Gasteiger partial charge in [0.1, 0.15) is 17.2 Å². The Kier molecular flexibility index (Phi) is 4.93. The van der Waals surface area contributed by atoms with Crippen LogP contribution in [0.3, 0.4) is 0 Å². The molecular formula is C13H20FNO3. The number of hydrogen-bond donors (Lipinski definition) is 1. The highest BCUT2D eigenvalue weighted by molar-refractivity contribution is 5.48. The lowest BCUT2D eigenvalue weighted by Gasteiger charge is -2.21. The number of methoxy groups -OCH3 is 2. The van der Waals surface area contributed by atoms with E-state index < -0.39 is 5.67 Å². The molecule has 0 aliphatic carbocycles. The second-order valence-electron chi connectivity index (χ2n) is 4.36. The first-order valence-corrected chi connectivity index (χ1v) is 5.64. The van der Waals surface area contributed by atoms with Crippen LogP contribution in [0.25, 0.3) is 0 Å². The van der Waals surface area contributed by atoms with Crippen LogP contribution in [0.5, 0.6) is 11.5 Å². The van der Waals surface area contributed by atoms with E-state index in [1.54, 1.807) is 19.2 Å². The lowest BCUT2D eigenvalue weighted by molar-refractivity contribution is 0.0860. The van der Waals surface area contributed by atoms with Gasteiger partial charge in [0.2, 0.25) is 0 Å². The van der Waals surface area contributed by atoms with E-state index in [-0.39, 0.29) is 0 Å². The van der Waals surface area contributed by atoms with E-state index in [0.717, 1.165) is 5.56 Å². The van der Waals surface area contributed by atoms with E-state index in [4.69, 9.17) is 14.3 Å². The molecule has 0 saturated carbocycles. The Labute approximate surface area is 107 Å². The molecule has 0 aliphatic heterocycles. The smallest absolute Gasteiger partial charge is 0.134 e. The highest BCUT2D eigenvalue weighted by Gasteiger charge is 2.25. The zero-order valence-electron chi connectivity index (χ0n) is 11.5. The number of alkyl halides is 1. The second-order valence-corrected chi connectivity index (χ2v) is 4.36. The SMILES string of the molecule is CONCc1cc(C(C)(C)F)c(OC)cc1OC. The topological polar surface area (TPSA) is 39.7 Å². The molecule has 0 unspecified atom stereocenters. The van der Waals surface area contributed by atoms with Gasteiger partial charge >= 0.3 is 0 Å². The zero-order chi connectivity index (χ0) is 13.8. The predicted octanol–water partition coefficient (Wildman–Crippen LogP) is 2.56. The molecule has 0 saturated heterocycles. The van der Waals surface area contributed by atoms with Crippen molar-refractivity contribution in [2.45, 2.75) is 26.1 Å². The molecule has 0 aromatic heterocycles. The maximum atomic E-state index is 14.1. The molecule has 1 N–H and O–H groups in total. The number of ether oxygens (including phenoxy) is 2. The molecule has 4 nitrogen and oxygen atoms in total. The van der Waals surface area contributed by atoms with Crippen molar-refractivity contribution < 1.29 is 18.7 Å². The van der Waals surface area contributed by atoms with E-state index in [1.165, 1.54) is 28.1 Å². The number of nitrogens with one attached hydrogen (secondary N) is 1. The van der Waals surface area contributed by atoms with E-state index >= 15 is 0 Å². The van der Waals surface area contributed by atoms with Crippen molar-refractivity contribution in [3.63, 3.8) is 0 Å². The van der Waals surface area contributed by atoms with Crippen LogP contribution in [0.1, 0.15) is 25.0 Å². The van der Waals surface area contributed by atoms with E-state index in [1.807, 2.05) is 0 Å². The fraction of sp³-hybridized carbons (Fsp3) is 0.538. The Hall–Kier alpha value is -1.33. The Morgan fingerprint density at radius 1 is 1.11 bits per heavy atom. The summed E-state index contributed by atoms with van der Waals surface area (Å²) in [6.45, 7) is 3.41. The highest BCUT2D eigenvalue weighted by atomic mass is 19.1. The van der Waals surface area contributed by atoms with Crippen LogP contribution in [0, 0.1) is 0 Å². The molecule has 0 heterocycles. The monoisotopic (exact) mass is 257 g/mol. The summed E-state index contributed by atoms with van der Waals surface area (Å²) in [6.07, 6.45) is 0. The molecule has 0 amide bonds. The fourth-order valence-corrected chi connectivity index (χ4v) is 1.72. The van der Waals surface area contributed by atoms with Gasteiger partial charge in [0.25, 0.3) is 0 Å². The molecule has 0 spiro atoms. The first kappa shape index (κ1) is 14.7. The quantitative estimate of drug-likeness (QED) is 0.795. The van der Waals surface area contributed by atoms with Gasteiger partial charge in [-0.15, -0.1) is 0 Å². The molecule has 1 aromatic carbocycles. The summed E-state index contributed by atoms with van der Waals surface area (Å²) < 4.78 is 24.6. The fourth-order valence-electron chi connectivity index (χ4n) is 1.72. The normalized spacial score (nSPS) is 11.4. The molecular weight excluding hydrogens is 237 g/mol. The van der Waals surface area contributed by atoms with Crippen LogP contribution < -0.4 is 15.0 Å². The summed E-state index contributed by atoms with van der Waals surface area (Å²) in [7, 11) is 4.60. The maximum Gasteiger partial charge on any atom is 0.134 e. The molecule has 0 atom stereocenters. The first-order valence-electron chi connectivity index (χ1n) is 5.64. The Morgan fingerprint density at radius 2 is 1.72 bits per heavy atom. The molecule has 0 bridgehead atoms. The van der Waals surface area contributed by atoms with Crippen molar-refractivity contribution in [2.75, 3.05) is 21.3 Å². The average Bonchev–Trinajstić information content (AvgIpc) is 2.34. The van der Waals surface area contributed by atoms with Gasteiger partial charge in [-0.3, -0.25) is 0 Å². The Balaban J connectivity index is 3.25. The third kappa shape index (κ3) is 3.34. The lowest BCUT2D eigenvalue weighted by atomic mass is 9.96. The minimum absolute atomic E-state index is 0.423. The largest absolute Gasteiger partial charge is 0.496 e. The second kappa shape index (κ2) is 6.02. The van der Waals surface area contributed by atoms with E-state index in [0.29, 0.717) is 23.6 Å². The van der Waals surface area contributed by atoms with Crippen molar-refractivity contribution in [1.82, 2.24) is 5.48 Å². The van der Waals surface area contributed by atoms with Gasteiger partial charge in [-0.05, 0) is 19.9 Å². The summed E-state index contributed by atoms with van der Waals surface area (Å²) in [5, 5.41) is 0. The predicted molar refractivity (Wildman–Crippen MR) is 67.5 cm³/mol. The summed E-state index contributed by atoms with van der Waals surface area (Å²) in [5.41, 5.74) is 2.52. The van der Waals surface area contributed by atoms with Crippen LogP contribution >= 0.6 is 0 Å². The Bertz CT molecular complexity index is 402. The minimum Gasteiger partial charge on any atom is -0.496 e. The molecule has 0 aliphatic rings. The van der Waals surface area contributed by atoms with Crippen molar-refractivity contribution in [1.29, 1.82) is 0 Å². The highest BCUT2D eigenvalue weighted by Crippen LogP contribution is 2.37. The standard InChI is InChI=1S/C13H20FNO3/c1-13(2,14)10-6-9(8-15-18-5)11(16-3)7-12(10)17-4/h6-7,15H,8H2,1-5H3. The van der Waals surface area contributed by atoms with Gasteiger partial charge in [0, 0.05) is 23.7 Å². The maximum absolute atomic E-state index is 14.1. The number of halogens is 1. The lowest BCUT2D eigenvalue weighted by Crippen LogP contribution is -2.15. The number of hydrogen-bond acceptors (Lipinski definition) is 4. The number of hydroxylamine groups is 1. The minimum atomic E-state index is -1.49. The van der Waals surface area contributed by atoms with Crippen LogP contribution in [-0.2, 0) is 17.1 Å². The molecule has 1 aromatic rings. The van der Waals surface area contributed by atoms with E-state index in [2.05, 4.69) is 5.48 Å². The average molecular weight is 257 g/mol. The molecule has 0 radical (unpaired) electrons. The molecule has 18 heavy (non-hydrogen) atoms. The van der Waals surface area contributed by atoms with Crippen LogP contribution in [0.2, 0.25) is 0 Å². The molecule has 0 fully saturated rings. The van der Waals surface area contributed by atoms with Gasteiger partial charge in [-0.2, -0.15) is 5.48 Å². The van der Waals surface area contributed by atoms with Gasteiger partial charge < -0.3 is 14.3 Å². The number of benzene rings is 1. The van der Waals surface area contributed by atoms with Crippen molar-refractivity contribution >= 4 is 0 Å². The number of rotatable bonds is 6. The van der Waals surface area contributed by atoms with Gasteiger partial charge in [-0.1, -0.05) is 0 Å². The van der Waals surface area contributed by atoms with Crippen molar-refractivity contribution in [3.8, 4) is 11.5 Å². The zero-order valence-corrected chi connectivity index (χ0v) is 11.5. The summed E-state index contributed by atoms with van der Waals surface area (Å²) in [5.74, 6) is 1.10. The van der Waals surface area contributed by atoms with Crippen molar-refractivity contribution in [3.05, 3.63) is 23.3 Å². The first-order chi connectivity index (χ1) is 8.43. The van der Waals surface area contributed by atoms with Crippen LogP contribution in [0.4, 0.5) is 4.39 Å². The molecule has 102 valence electrons. The third-order valence-electron chi connectivity index (χ3n) is 2.65. The van der Waals surface area contributed by atoms with Crippen molar-refractivity contribution in [2.24, 2.45) is 0 Å². The third-order valence-corrected chi connectivity index (χ3v) is 2.65. The summed E-state index contributed by atoms with van der Waals surface area (Å²) in [4.78, 5) is 4.80. The summed E-state index contributed by atoms with van der Waals surface area (Å²) >= 11 is 0. The molecule has 1 rings (SSSR count). The van der Waals surface area contributed by atoms with Crippen LogP contribution in [-0.4, -0.2) is 21.3 Å².